The lowest BCUT2D eigenvalue weighted by Crippen LogP contribution is -2.25. The van der Waals surface area contributed by atoms with Crippen molar-refractivity contribution in [3.8, 4) is 17.1 Å². The van der Waals surface area contributed by atoms with E-state index in [0.29, 0.717) is 22.5 Å². The number of aromatic hydroxyl groups is 1. The molecule has 8 heteroatoms. The fourth-order valence-corrected chi connectivity index (χ4v) is 2.52. The Hall–Kier alpha value is -3.03. The average molecular weight is 312 g/mol. The van der Waals surface area contributed by atoms with E-state index in [9.17, 15) is 9.90 Å². The van der Waals surface area contributed by atoms with Crippen LogP contribution in [0.1, 0.15) is 25.6 Å². The number of fused-ring (bicyclic) bond motifs is 1. The second-order valence-corrected chi connectivity index (χ2v) is 5.50. The molecule has 23 heavy (non-hydrogen) atoms. The van der Waals surface area contributed by atoms with E-state index in [4.69, 9.17) is 5.73 Å². The van der Waals surface area contributed by atoms with E-state index in [1.807, 2.05) is 20.8 Å². The summed E-state index contributed by atoms with van der Waals surface area (Å²) in [4.78, 5) is 28.7. The summed E-state index contributed by atoms with van der Waals surface area (Å²) in [5, 5.41) is 9.95. The first-order valence-corrected chi connectivity index (χ1v) is 7.09. The first kappa shape index (κ1) is 14.9. The minimum absolute atomic E-state index is 0.114. The molecule has 0 aliphatic rings. The predicted molar refractivity (Wildman–Crippen MR) is 86.0 cm³/mol. The molecule has 118 valence electrons. The van der Waals surface area contributed by atoms with Gasteiger partial charge in [-0.15, -0.1) is 0 Å². The van der Waals surface area contributed by atoms with Gasteiger partial charge in [-0.3, -0.25) is 9.36 Å². The number of hydrogen-bond acceptors (Lipinski definition) is 7. The van der Waals surface area contributed by atoms with Crippen LogP contribution < -0.4 is 11.3 Å². The van der Waals surface area contributed by atoms with E-state index < -0.39 is 0 Å². The SMILES string of the molecule is Cc1nc(N)nc2c1cc(-c1cnc(O)nc1)c(=O)n2C(C)C. The van der Waals surface area contributed by atoms with Crippen LogP contribution in [0.2, 0.25) is 0 Å². The molecule has 3 N–H and O–H groups in total. The maximum absolute atomic E-state index is 12.9. The Balaban J connectivity index is 2.43. The third-order valence-electron chi connectivity index (χ3n) is 3.57. The van der Waals surface area contributed by atoms with Crippen LogP contribution in [0.5, 0.6) is 6.01 Å². The molecule has 3 rings (SSSR count). The van der Waals surface area contributed by atoms with Crippen LogP contribution >= 0.6 is 0 Å². The van der Waals surface area contributed by atoms with Crippen molar-refractivity contribution in [2.24, 2.45) is 0 Å². The minimum Gasteiger partial charge on any atom is -0.479 e. The number of pyridine rings is 1. The van der Waals surface area contributed by atoms with Gasteiger partial charge in [-0.2, -0.15) is 4.98 Å². The molecule has 0 saturated heterocycles. The molecule has 0 fully saturated rings. The Bertz CT molecular complexity index is 947. The van der Waals surface area contributed by atoms with Crippen molar-refractivity contribution in [2.75, 3.05) is 5.73 Å². The minimum atomic E-state index is -0.342. The Morgan fingerprint density at radius 3 is 2.48 bits per heavy atom. The Morgan fingerprint density at radius 1 is 1.22 bits per heavy atom. The molecule has 3 heterocycles. The summed E-state index contributed by atoms with van der Waals surface area (Å²) in [7, 11) is 0. The van der Waals surface area contributed by atoms with E-state index >= 15 is 0 Å². The van der Waals surface area contributed by atoms with E-state index in [1.54, 1.807) is 10.6 Å². The van der Waals surface area contributed by atoms with E-state index in [-0.39, 0.29) is 23.6 Å². The molecule has 0 unspecified atom stereocenters. The summed E-state index contributed by atoms with van der Waals surface area (Å²) in [5.41, 5.74) is 7.62. The van der Waals surface area contributed by atoms with Crippen LogP contribution in [-0.2, 0) is 0 Å². The van der Waals surface area contributed by atoms with Crippen LogP contribution in [-0.4, -0.2) is 29.6 Å². The molecule has 0 bridgehead atoms. The lowest BCUT2D eigenvalue weighted by molar-refractivity contribution is 0.430. The van der Waals surface area contributed by atoms with Crippen molar-refractivity contribution < 1.29 is 5.11 Å². The first-order valence-electron chi connectivity index (χ1n) is 7.09. The van der Waals surface area contributed by atoms with Crippen LogP contribution in [0.4, 0.5) is 5.95 Å². The van der Waals surface area contributed by atoms with Gasteiger partial charge in [0.15, 0.2) is 0 Å². The number of nitrogen functional groups attached to an aromatic ring is 1. The largest absolute Gasteiger partial charge is 0.479 e. The lowest BCUT2D eigenvalue weighted by Gasteiger charge is -2.16. The predicted octanol–water partition coefficient (Wildman–Crippen LogP) is 1.43. The molecule has 8 nitrogen and oxygen atoms in total. The van der Waals surface area contributed by atoms with E-state index in [2.05, 4.69) is 19.9 Å². The highest BCUT2D eigenvalue weighted by Crippen LogP contribution is 2.24. The molecule has 0 aromatic carbocycles. The summed E-state index contributed by atoms with van der Waals surface area (Å²) < 4.78 is 1.57. The van der Waals surface area contributed by atoms with Gasteiger partial charge < -0.3 is 10.8 Å². The maximum atomic E-state index is 12.9. The number of anilines is 1. The van der Waals surface area contributed by atoms with Crippen molar-refractivity contribution in [3.05, 3.63) is 34.5 Å². The second kappa shape index (κ2) is 5.31. The Kier molecular flexibility index (Phi) is 3.44. The zero-order chi connectivity index (χ0) is 16.7. The van der Waals surface area contributed by atoms with Crippen molar-refractivity contribution >= 4 is 17.0 Å². The fourth-order valence-electron chi connectivity index (χ4n) is 2.52. The van der Waals surface area contributed by atoms with Gasteiger partial charge in [0.25, 0.3) is 5.56 Å². The molecule has 0 spiro atoms. The van der Waals surface area contributed by atoms with Gasteiger partial charge in [0.2, 0.25) is 5.95 Å². The van der Waals surface area contributed by atoms with Crippen LogP contribution in [0.3, 0.4) is 0 Å². The first-order chi connectivity index (χ1) is 10.9. The number of nitrogens with two attached hydrogens (primary N) is 1. The standard InChI is InChI=1S/C15H16N6O2/c1-7(2)21-12-10(8(3)19-14(16)20-12)4-11(13(21)22)9-5-17-15(23)18-6-9/h4-7H,1-3H3,(H2,16,19,20)(H,17,18,23). The maximum Gasteiger partial charge on any atom is 0.313 e. The summed E-state index contributed by atoms with van der Waals surface area (Å²) in [6.45, 7) is 5.60. The van der Waals surface area contributed by atoms with E-state index in [1.165, 1.54) is 12.4 Å². The topological polar surface area (TPSA) is 120 Å². The lowest BCUT2D eigenvalue weighted by atomic mass is 10.1. The number of nitrogens with zero attached hydrogens (tertiary/aromatic N) is 5. The molecule has 3 aromatic rings. The Morgan fingerprint density at radius 2 is 1.87 bits per heavy atom. The quantitative estimate of drug-likeness (QED) is 0.734. The van der Waals surface area contributed by atoms with Crippen LogP contribution in [0, 0.1) is 6.92 Å². The molecular formula is C15H16N6O2. The van der Waals surface area contributed by atoms with Crippen molar-refractivity contribution in [2.45, 2.75) is 26.8 Å². The highest BCUT2D eigenvalue weighted by atomic mass is 16.3. The zero-order valence-corrected chi connectivity index (χ0v) is 13.0. The van der Waals surface area contributed by atoms with Crippen molar-refractivity contribution in [3.63, 3.8) is 0 Å². The molecule has 0 aliphatic heterocycles. The summed E-state index contributed by atoms with van der Waals surface area (Å²) in [5.74, 6) is 0.129. The monoisotopic (exact) mass is 312 g/mol. The van der Waals surface area contributed by atoms with Gasteiger partial charge in [0, 0.05) is 29.4 Å². The van der Waals surface area contributed by atoms with Crippen molar-refractivity contribution in [1.29, 1.82) is 0 Å². The molecule has 0 amide bonds. The molecule has 0 atom stereocenters. The van der Waals surface area contributed by atoms with Gasteiger partial charge >= 0.3 is 6.01 Å². The van der Waals surface area contributed by atoms with Gasteiger partial charge in [-0.25, -0.2) is 15.0 Å². The Labute approximate surface area is 131 Å². The number of aromatic nitrogens is 5. The van der Waals surface area contributed by atoms with Gasteiger partial charge in [0.1, 0.15) is 5.65 Å². The molecule has 0 saturated carbocycles. The van der Waals surface area contributed by atoms with E-state index in [0.717, 1.165) is 5.39 Å². The smallest absolute Gasteiger partial charge is 0.313 e. The highest BCUT2D eigenvalue weighted by Gasteiger charge is 2.17. The summed E-state index contributed by atoms with van der Waals surface area (Å²) >= 11 is 0. The molecule has 0 aliphatic carbocycles. The average Bonchev–Trinajstić information content (AvgIpc) is 2.47. The number of aryl methyl sites for hydroxylation is 1. The van der Waals surface area contributed by atoms with Crippen molar-refractivity contribution in [1.82, 2.24) is 24.5 Å². The highest BCUT2D eigenvalue weighted by molar-refractivity contribution is 5.83. The summed E-state index contributed by atoms with van der Waals surface area (Å²) in [6.07, 6.45) is 2.81. The molecule has 0 radical (unpaired) electrons. The second-order valence-electron chi connectivity index (χ2n) is 5.50. The zero-order valence-electron chi connectivity index (χ0n) is 13.0. The number of rotatable bonds is 2. The fraction of sp³-hybridized carbons (Fsp3) is 0.267. The molecular weight excluding hydrogens is 296 g/mol. The third-order valence-corrected chi connectivity index (χ3v) is 3.57. The van der Waals surface area contributed by atoms with Crippen LogP contribution in [0.25, 0.3) is 22.2 Å². The number of hydrogen-bond donors (Lipinski definition) is 2. The van der Waals surface area contributed by atoms with Crippen LogP contribution in [0.15, 0.2) is 23.3 Å². The van der Waals surface area contributed by atoms with Gasteiger partial charge in [-0.05, 0) is 26.8 Å². The summed E-state index contributed by atoms with van der Waals surface area (Å²) in [6, 6.07) is 1.25. The molecule has 3 aromatic heterocycles. The third kappa shape index (κ3) is 2.48. The van der Waals surface area contributed by atoms with Gasteiger partial charge in [0.05, 0.1) is 11.3 Å². The van der Waals surface area contributed by atoms with Gasteiger partial charge in [-0.1, -0.05) is 0 Å². The normalized spacial score (nSPS) is 11.3.